The summed E-state index contributed by atoms with van der Waals surface area (Å²) in [5.74, 6) is 0.950. The molecule has 0 bridgehead atoms. The summed E-state index contributed by atoms with van der Waals surface area (Å²) in [6, 6.07) is 1.90. The van der Waals surface area contributed by atoms with Gasteiger partial charge in [-0.2, -0.15) is 5.10 Å². The Morgan fingerprint density at radius 3 is 2.96 bits per heavy atom. The van der Waals surface area contributed by atoms with Crippen molar-refractivity contribution in [2.24, 2.45) is 5.92 Å². The van der Waals surface area contributed by atoms with Crippen LogP contribution >= 0.6 is 24.8 Å². The van der Waals surface area contributed by atoms with E-state index in [0.717, 1.165) is 26.1 Å². The van der Waals surface area contributed by atoms with Gasteiger partial charge in [0.05, 0.1) is 19.3 Å². The Balaban J connectivity index is 0.00000132. The lowest BCUT2D eigenvalue weighted by Crippen LogP contribution is -2.47. The fourth-order valence-corrected chi connectivity index (χ4v) is 3.12. The first-order valence-electron chi connectivity index (χ1n) is 7.89. The summed E-state index contributed by atoms with van der Waals surface area (Å²) >= 11 is 0. The SMILES string of the molecule is Cl.Cl.O=C(CCC1CCNC1)N1CCOC(Cn2cccn2)C1. The number of carbonyl (C=O) groups excluding carboxylic acids is 1. The van der Waals surface area contributed by atoms with E-state index < -0.39 is 0 Å². The molecule has 1 aromatic heterocycles. The van der Waals surface area contributed by atoms with Crippen molar-refractivity contribution in [1.29, 1.82) is 0 Å². The molecule has 3 rings (SSSR count). The zero-order chi connectivity index (χ0) is 14.5. The summed E-state index contributed by atoms with van der Waals surface area (Å²) < 4.78 is 7.61. The van der Waals surface area contributed by atoms with Gasteiger partial charge in [-0.25, -0.2) is 0 Å². The van der Waals surface area contributed by atoms with E-state index in [-0.39, 0.29) is 36.8 Å². The van der Waals surface area contributed by atoms with Gasteiger partial charge in [0.1, 0.15) is 0 Å². The van der Waals surface area contributed by atoms with Crippen LogP contribution in [0.2, 0.25) is 0 Å². The number of nitrogens with zero attached hydrogens (tertiary/aromatic N) is 3. The van der Waals surface area contributed by atoms with Crippen molar-refractivity contribution in [2.75, 3.05) is 32.8 Å². The second-order valence-electron chi connectivity index (χ2n) is 5.96. The molecular weight excluding hydrogens is 339 g/mol. The minimum Gasteiger partial charge on any atom is -0.373 e. The Hall–Kier alpha value is -0.820. The molecule has 0 aliphatic carbocycles. The number of aromatic nitrogens is 2. The van der Waals surface area contributed by atoms with Crippen LogP contribution in [0.4, 0.5) is 0 Å². The molecule has 2 unspecified atom stereocenters. The topological polar surface area (TPSA) is 59.4 Å². The Bertz CT molecular complexity index is 452. The quantitative estimate of drug-likeness (QED) is 0.856. The van der Waals surface area contributed by atoms with E-state index in [1.54, 1.807) is 6.20 Å². The Kier molecular flexibility index (Phi) is 8.91. The van der Waals surface area contributed by atoms with Gasteiger partial charge < -0.3 is 15.0 Å². The number of rotatable bonds is 5. The number of ether oxygens (including phenoxy) is 1. The molecule has 1 N–H and O–H groups in total. The van der Waals surface area contributed by atoms with Crippen molar-refractivity contribution < 1.29 is 9.53 Å². The summed E-state index contributed by atoms with van der Waals surface area (Å²) in [5.41, 5.74) is 0. The summed E-state index contributed by atoms with van der Waals surface area (Å²) in [6.45, 7) is 4.91. The minimum absolute atomic E-state index is 0. The maximum absolute atomic E-state index is 12.3. The van der Waals surface area contributed by atoms with E-state index in [0.29, 0.717) is 32.0 Å². The molecule has 0 saturated carbocycles. The van der Waals surface area contributed by atoms with Crippen LogP contribution in [0.1, 0.15) is 19.3 Å². The molecule has 8 heteroatoms. The lowest BCUT2D eigenvalue weighted by molar-refractivity contribution is -0.139. The van der Waals surface area contributed by atoms with Crippen molar-refractivity contribution in [2.45, 2.75) is 31.9 Å². The third-order valence-corrected chi connectivity index (χ3v) is 4.37. The summed E-state index contributed by atoms with van der Waals surface area (Å²) in [6.07, 6.45) is 6.63. The Morgan fingerprint density at radius 2 is 2.26 bits per heavy atom. The number of nitrogens with one attached hydrogen (secondary N) is 1. The lowest BCUT2D eigenvalue weighted by atomic mass is 10.0. The van der Waals surface area contributed by atoms with E-state index in [9.17, 15) is 4.79 Å². The van der Waals surface area contributed by atoms with Crippen molar-refractivity contribution in [3.63, 3.8) is 0 Å². The van der Waals surface area contributed by atoms with E-state index >= 15 is 0 Å². The fraction of sp³-hybridized carbons (Fsp3) is 0.733. The number of halogens is 2. The van der Waals surface area contributed by atoms with E-state index in [2.05, 4.69) is 10.4 Å². The molecule has 3 heterocycles. The molecule has 1 aromatic rings. The smallest absolute Gasteiger partial charge is 0.222 e. The van der Waals surface area contributed by atoms with Gasteiger partial charge in [0.15, 0.2) is 0 Å². The summed E-state index contributed by atoms with van der Waals surface area (Å²) in [7, 11) is 0. The predicted molar refractivity (Wildman–Crippen MR) is 93.3 cm³/mol. The van der Waals surface area contributed by atoms with Gasteiger partial charge in [-0.1, -0.05) is 0 Å². The third-order valence-electron chi connectivity index (χ3n) is 4.37. The van der Waals surface area contributed by atoms with Crippen LogP contribution in [0, 0.1) is 5.92 Å². The first kappa shape index (κ1) is 20.2. The fourth-order valence-electron chi connectivity index (χ4n) is 3.12. The van der Waals surface area contributed by atoms with Crippen LogP contribution in [0.3, 0.4) is 0 Å². The molecule has 132 valence electrons. The van der Waals surface area contributed by atoms with Crippen LogP contribution < -0.4 is 5.32 Å². The van der Waals surface area contributed by atoms with Gasteiger partial charge in [-0.3, -0.25) is 9.48 Å². The first-order chi connectivity index (χ1) is 10.3. The lowest BCUT2D eigenvalue weighted by Gasteiger charge is -2.33. The third kappa shape index (κ3) is 5.95. The molecule has 1 amide bonds. The number of amides is 1. The number of hydrogen-bond acceptors (Lipinski definition) is 4. The highest BCUT2D eigenvalue weighted by molar-refractivity contribution is 5.85. The molecule has 0 spiro atoms. The van der Waals surface area contributed by atoms with Crippen LogP contribution in [0.25, 0.3) is 0 Å². The maximum Gasteiger partial charge on any atom is 0.222 e. The van der Waals surface area contributed by atoms with Gasteiger partial charge in [-0.05, 0) is 37.9 Å². The van der Waals surface area contributed by atoms with Gasteiger partial charge in [0, 0.05) is 31.9 Å². The van der Waals surface area contributed by atoms with Crippen LogP contribution in [0.15, 0.2) is 18.5 Å². The highest BCUT2D eigenvalue weighted by Gasteiger charge is 2.25. The second kappa shape index (κ2) is 10.1. The van der Waals surface area contributed by atoms with E-state index in [1.165, 1.54) is 6.42 Å². The largest absolute Gasteiger partial charge is 0.373 e. The molecule has 6 nitrogen and oxygen atoms in total. The molecule has 0 aromatic carbocycles. The molecule has 2 aliphatic rings. The highest BCUT2D eigenvalue weighted by Crippen LogP contribution is 2.16. The van der Waals surface area contributed by atoms with Crippen LogP contribution in [-0.2, 0) is 16.1 Å². The predicted octanol–water partition coefficient (Wildman–Crippen LogP) is 1.34. The number of carbonyl (C=O) groups is 1. The summed E-state index contributed by atoms with van der Waals surface area (Å²) in [5, 5.41) is 7.55. The van der Waals surface area contributed by atoms with Gasteiger partial charge in [0.25, 0.3) is 0 Å². The Labute approximate surface area is 149 Å². The average molecular weight is 365 g/mol. The molecule has 0 radical (unpaired) electrons. The first-order valence-corrected chi connectivity index (χ1v) is 7.89. The zero-order valence-electron chi connectivity index (χ0n) is 13.2. The standard InChI is InChI=1S/C15H24N4O2.2ClH/c20-15(3-2-13-4-6-16-10-13)18-8-9-21-14(11-18)12-19-7-1-5-17-19;;/h1,5,7,13-14,16H,2-4,6,8-12H2;2*1H. The number of morpholine rings is 1. The van der Waals surface area contributed by atoms with Gasteiger partial charge in [0.2, 0.25) is 5.91 Å². The molecule has 23 heavy (non-hydrogen) atoms. The zero-order valence-corrected chi connectivity index (χ0v) is 14.9. The highest BCUT2D eigenvalue weighted by atomic mass is 35.5. The molecule has 2 saturated heterocycles. The molecule has 2 aliphatic heterocycles. The van der Waals surface area contributed by atoms with Crippen molar-refractivity contribution in [3.05, 3.63) is 18.5 Å². The molecular formula is C15H26Cl2N4O2. The van der Waals surface area contributed by atoms with Gasteiger partial charge >= 0.3 is 0 Å². The van der Waals surface area contributed by atoms with Crippen molar-refractivity contribution in [1.82, 2.24) is 20.0 Å². The maximum atomic E-state index is 12.3. The van der Waals surface area contributed by atoms with Crippen LogP contribution in [-0.4, -0.2) is 59.5 Å². The average Bonchev–Trinajstić information content (AvgIpc) is 3.18. The number of hydrogen-bond donors (Lipinski definition) is 1. The molecule has 2 fully saturated rings. The van der Waals surface area contributed by atoms with Crippen molar-refractivity contribution in [3.8, 4) is 0 Å². The van der Waals surface area contributed by atoms with Crippen molar-refractivity contribution >= 4 is 30.7 Å². The second-order valence-corrected chi connectivity index (χ2v) is 5.96. The normalized spacial score (nSPS) is 23.9. The van der Waals surface area contributed by atoms with Gasteiger partial charge in [-0.15, -0.1) is 24.8 Å². The van der Waals surface area contributed by atoms with E-state index in [4.69, 9.17) is 4.74 Å². The minimum atomic E-state index is 0. The summed E-state index contributed by atoms with van der Waals surface area (Å²) in [4.78, 5) is 14.3. The Morgan fingerprint density at radius 1 is 1.39 bits per heavy atom. The van der Waals surface area contributed by atoms with Crippen LogP contribution in [0.5, 0.6) is 0 Å². The monoisotopic (exact) mass is 364 g/mol. The van der Waals surface area contributed by atoms with E-state index in [1.807, 2.05) is 21.8 Å². The molecule has 2 atom stereocenters.